The first-order valence-corrected chi connectivity index (χ1v) is 10.6. The third-order valence-electron chi connectivity index (χ3n) is 5.41. The molecule has 4 rings (SSSR count). The number of nitrogens with one attached hydrogen (secondary N) is 1. The zero-order valence-electron chi connectivity index (χ0n) is 18.9. The fourth-order valence-corrected chi connectivity index (χ4v) is 3.67. The highest BCUT2D eigenvalue weighted by molar-refractivity contribution is 5.95. The monoisotopic (exact) mass is 485 g/mol. The van der Waals surface area contributed by atoms with Gasteiger partial charge < -0.3 is 9.67 Å². The molecule has 0 unspecified atom stereocenters. The Morgan fingerprint density at radius 1 is 0.972 bits per heavy atom. The van der Waals surface area contributed by atoms with Crippen LogP contribution in [0.25, 0.3) is 16.9 Å². The quantitative estimate of drug-likeness (QED) is 0.219. The topological polar surface area (TPSA) is 153 Å². The van der Waals surface area contributed by atoms with Gasteiger partial charge in [0.2, 0.25) is 5.75 Å². The van der Waals surface area contributed by atoms with Gasteiger partial charge in [0, 0.05) is 23.0 Å². The number of nitro benzene ring substituents is 2. The molecule has 0 bridgehead atoms. The third-order valence-corrected chi connectivity index (χ3v) is 5.41. The summed E-state index contributed by atoms with van der Waals surface area (Å²) in [7, 11) is 0. The van der Waals surface area contributed by atoms with Gasteiger partial charge in [0.1, 0.15) is 0 Å². The lowest BCUT2D eigenvalue weighted by Crippen LogP contribution is -2.17. The highest BCUT2D eigenvalue weighted by atomic mass is 16.6. The van der Waals surface area contributed by atoms with Crippen molar-refractivity contribution >= 4 is 23.5 Å². The molecule has 0 spiro atoms. The Bertz CT molecular complexity index is 1490. The van der Waals surface area contributed by atoms with Gasteiger partial charge in [-0.15, -0.1) is 0 Å². The molecule has 0 radical (unpaired) electrons. The summed E-state index contributed by atoms with van der Waals surface area (Å²) in [5.41, 5.74) is 4.72. The predicted molar refractivity (Wildman–Crippen MR) is 132 cm³/mol. The van der Waals surface area contributed by atoms with E-state index in [1.54, 1.807) is 24.3 Å². The summed E-state index contributed by atoms with van der Waals surface area (Å²) in [6, 6.07) is 22.3. The fourth-order valence-electron chi connectivity index (χ4n) is 3.67. The first kappa shape index (κ1) is 23.8. The molecule has 1 heterocycles. The van der Waals surface area contributed by atoms with Gasteiger partial charge in [-0.1, -0.05) is 30.3 Å². The van der Waals surface area contributed by atoms with E-state index in [0.29, 0.717) is 6.07 Å². The lowest BCUT2D eigenvalue weighted by atomic mass is 10.1. The highest BCUT2D eigenvalue weighted by Crippen LogP contribution is 2.33. The first-order valence-electron chi connectivity index (χ1n) is 10.6. The Kier molecular flexibility index (Phi) is 6.55. The largest absolute Gasteiger partial charge is 0.502 e. The maximum absolute atomic E-state index is 12.5. The summed E-state index contributed by atoms with van der Waals surface area (Å²) in [6.07, 6.45) is 0.900. The van der Waals surface area contributed by atoms with Crippen molar-refractivity contribution in [1.29, 1.82) is 0 Å². The van der Waals surface area contributed by atoms with Gasteiger partial charge >= 0.3 is 5.69 Å². The van der Waals surface area contributed by atoms with E-state index in [0.717, 1.165) is 34.9 Å². The lowest BCUT2D eigenvalue weighted by Gasteiger charge is -2.12. The number of phenols is 1. The van der Waals surface area contributed by atoms with Crippen molar-refractivity contribution in [2.24, 2.45) is 5.10 Å². The van der Waals surface area contributed by atoms with E-state index in [1.807, 2.05) is 49.4 Å². The van der Waals surface area contributed by atoms with Crippen LogP contribution in [0.5, 0.6) is 5.75 Å². The van der Waals surface area contributed by atoms with E-state index in [1.165, 1.54) is 0 Å². The van der Waals surface area contributed by atoms with Crippen LogP contribution in [-0.2, 0) is 0 Å². The van der Waals surface area contributed by atoms with Crippen molar-refractivity contribution < 1.29 is 19.7 Å². The van der Waals surface area contributed by atoms with Gasteiger partial charge in [-0.3, -0.25) is 25.0 Å². The van der Waals surface area contributed by atoms with Gasteiger partial charge in [0.15, 0.2) is 0 Å². The second-order valence-corrected chi connectivity index (χ2v) is 7.72. The van der Waals surface area contributed by atoms with Gasteiger partial charge in [-0.05, 0) is 48.9 Å². The van der Waals surface area contributed by atoms with Crippen molar-refractivity contribution in [3.8, 4) is 22.7 Å². The number of nitrogens with zero attached hydrogens (tertiary/aromatic N) is 4. The molecule has 4 aromatic rings. The number of hydrazone groups is 1. The standard InChI is InChI=1S/C25H19N5O6/c1-16-7-12-22(17-5-3-2-4-6-17)28(16)20-10-8-18(9-11-20)25(32)27-26-15-19-13-21(29(33)34)14-23(24(19)31)30(35)36/h2-15,31H,1H3,(H,27,32)/b26-15+. The van der Waals surface area contributed by atoms with Crippen LogP contribution in [-0.4, -0.2) is 31.6 Å². The van der Waals surface area contributed by atoms with E-state index in [9.17, 15) is 30.1 Å². The van der Waals surface area contributed by atoms with Crippen molar-refractivity contribution in [2.45, 2.75) is 6.92 Å². The molecule has 180 valence electrons. The SMILES string of the molecule is Cc1ccc(-c2ccccc2)n1-c1ccc(C(=O)N/N=C/c2cc([N+](=O)[O-])cc([N+](=O)[O-])c2O)cc1. The Hall–Kier alpha value is -5.32. The Balaban J connectivity index is 1.53. The molecule has 11 heteroatoms. The van der Waals surface area contributed by atoms with Gasteiger partial charge in [0.05, 0.1) is 33.4 Å². The molecule has 1 amide bonds. The molecule has 11 nitrogen and oxygen atoms in total. The molecule has 0 fully saturated rings. The molecule has 0 saturated carbocycles. The van der Waals surface area contributed by atoms with Crippen LogP contribution in [0.4, 0.5) is 11.4 Å². The number of aromatic nitrogens is 1. The number of carbonyl (C=O) groups excluding carboxylic acids is 1. The van der Waals surface area contributed by atoms with Crippen LogP contribution >= 0.6 is 0 Å². The second-order valence-electron chi connectivity index (χ2n) is 7.72. The fraction of sp³-hybridized carbons (Fsp3) is 0.0400. The van der Waals surface area contributed by atoms with E-state index in [4.69, 9.17) is 0 Å². The van der Waals surface area contributed by atoms with E-state index >= 15 is 0 Å². The number of amides is 1. The number of hydrogen-bond acceptors (Lipinski definition) is 7. The van der Waals surface area contributed by atoms with E-state index in [-0.39, 0.29) is 11.1 Å². The molecule has 0 saturated heterocycles. The van der Waals surface area contributed by atoms with Crippen molar-refractivity contribution in [3.63, 3.8) is 0 Å². The molecule has 0 aliphatic rings. The molecule has 2 N–H and O–H groups in total. The molecular formula is C25H19N5O6. The maximum atomic E-state index is 12.5. The predicted octanol–water partition coefficient (Wildman–Crippen LogP) is 4.74. The average Bonchev–Trinajstić information content (AvgIpc) is 3.26. The summed E-state index contributed by atoms with van der Waals surface area (Å²) in [6.45, 7) is 1.98. The number of nitro groups is 2. The van der Waals surface area contributed by atoms with Crippen LogP contribution in [0.15, 0.2) is 84.0 Å². The Morgan fingerprint density at radius 2 is 1.67 bits per heavy atom. The third kappa shape index (κ3) is 4.80. The number of benzene rings is 3. The molecule has 0 aliphatic heterocycles. The summed E-state index contributed by atoms with van der Waals surface area (Å²) in [4.78, 5) is 32.8. The zero-order chi connectivity index (χ0) is 25.8. The first-order chi connectivity index (χ1) is 17.3. The number of carbonyl (C=O) groups is 1. The van der Waals surface area contributed by atoms with Gasteiger partial charge in [-0.2, -0.15) is 5.10 Å². The Labute approximate surface area is 204 Å². The Morgan fingerprint density at radius 3 is 2.31 bits per heavy atom. The number of hydrogen-bond donors (Lipinski definition) is 2. The van der Waals surface area contributed by atoms with Crippen LogP contribution in [0, 0.1) is 27.2 Å². The van der Waals surface area contributed by atoms with Gasteiger partial charge in [-0.25, -0.2) is 5.43 Å². The minimum absolute atomic E-state index is 0.288. The molecule has 0 atom stereocenters. The van der Waals surface area contributed by atoms with Crippen LogP contribution in [0.1, 0.15) is 21.6 Å². The van der Waals surface area contributed by atoms with Crippen LogP contribution < -0.4 is 5.43 Å². The number of aryl methyl sites for hydroxylation is 1. The number of phenolic OH excluding ortho intramolecular Hbond substituents is 1. The number of rotatable bonds is 7. The van der Waals surface area contributed by atoms with Crippen molar-refractivity contribution in [3.05, 3.63) is 116 Å². The zero-order valence-corrected chi connectivity index (χ0v) is 18.9. The minimum Gasteiger partial charge on any atom is -0.502 e. The summed E-state index contributed by atoms with van der Waals surface area (Å²) in [5, 5.41) is 35.8. The average molecular weight is 485 g/mol. The summed E-state index contributed by atoms with van der Waals surface area (Å²) >= 11 is 0. The van der Waals surface area contributed by atoms with Crippen LogP contribution in [0.2, 0.25) is 0 Å². The van der Waals surface area contributed by atoms with E-state index in [2.05, 4.69) is 15.1 Å². The smallest absolute Gasteiger partial charge is 0.318 e. The summed E-state index contributed by atoms with van der Waals surface area (Å²) in [5.74, 6) is -1.38. The van der Waals surface area contributed by atoms with Crippen LogP contribution in [0.3, 0.4) is 0 Å². The maximum Gasteiger partial charge on any atom is 0.318 e. The van der Waals surface area contributed by atoms with Crippen molar-refractivity contribution in [2.75, 3.05) is 0 Å². The minimum atomic E-state index is -0.949. The van der Waals surface area contributed by atoms with E-state index < -0.39 is 32.9 Å². The normalized spacial score (nSPS) is 10.9. The number of non-ortho nitro benzene ring substituents is 1. The molecule has 1 aromatic heterocycles. The summed E-state index contributed by atoms with van der Waals surface area (Å²) < 4.78 is 2.06. The van der Waals surface area contributed by atoms with Crippen molar-refractivity contribution in [1.82, 2.24) is 9.99 Å². The molecular weight excluding hydrogens is 466 g/mol. The molecule has 0 aliphatic carbocycles. The molecule has 36 heavy (non-hydrogen) atoms. The second kappa shape index (κ2) is 9.89. The molecule has 3 aromatic carbocycles. The lowest BCUT2D eigenvalue weighted by molar-refractivity contribution is -0.394. The highest BCUT2D eigenvalue weighted by Gasteiger charge is 2.23. The van der Waals surface area contributed by atoms with Gasteiger partial charge in [0.25, 0.3) is 11.6 Å². The number of aromatic hydroxyl groups is 1.